The van der Waals surface area contributed by atoms with E-state index in [0.717, 1.165) is 17.5 Å². The van der Waals surface area contributed by atoms with Crippen molar-refractivity contribution < 1.29 is 8.42 Å². The van der Waals surface area contributed by atoms with E-state index in [1.54, 1.807) is 23.0 Å². The lowest BCUT2D eigenvalue weighted by molar-refractivity contribution is 0.581. The van der Waals surface area contributed by atoms with Crippen molar-refractivity contribution in [3.63, 3.8) is 0 Å². The monoisotopic (exact) mass is 308 g/mol. The number of aryl methyl sites for hydroxylation is 2. The van der Waals surface area contributed by atoms with Crippen LogP contribution in [-0.4, -0.2) is 24.7 Å². The molecule has 0 spiro atoms. The number of rotatable bonds is 6. The average Bonchev–Trinajstić information content (AvgIpc) is 2.84. The molecule has 2 rings (SSSR count). The first kappa shape index (κ1) is 15.5. The largest absolute Gasteiger partial charge is 0.398 e. The van der Waals surface area contributed by atoms with Crippen molar-refractivity contribution >= 4 is 15.7 Å². The van der Waals surface area contributed by atoms with Gasteiger partial charge in [0.15, 0.2) is 0 Å². The van der Waals surface area contributed by atoms with Crippen LogP contribution >= 0.6 is 0 Å². The maximum atomic E-state index is 12.2. The van der Waals surface area contributed by atoms with E-state index in [2.05, 4.69) is 9.82 Å². The lowest BCUT2D eigenvalue weighted by Crippen LogP contribution is -2.26. The second-order valence-corrected chi connectivity index (χ2v) is 6.65. The van der Waals surface area contributed by atoms with Gasteiger partial charge in [0, 0.05) is 25.5 Å². The van der Waals surface area contributed by atoms with Crippen molar-refractivity contribution in [1.82, 2.24) is 14.5 Å². The van der Waals surface area contributed by atoms with E-state index >= 15 is 0 Å². The Kier molecular flexibility index (Phi) is 4.64. The van der Waals surface area contributed by atoms with Crippen LogP contribution in [0, 0.1) is 0 Å². The molecule has 3 N–H and O–H groups in total. The number of hydrogen-bond acceptors (Lipinski definition) is 4. The minimum atomic E-state index is -3.53. The van der Waals surface area contributed by atoms with Crippen LogP contribution in [0.4, 0.5) is 5.69 Å². The summed E-state index contributed by atoms with van der Waals surface area (Å²) in [4.78, 5) is 0.198. The van der Waals surface area contributed by atoms with E-state index in [0.29, 0.717) is 18.7 Å². The Labute approximate surface area is 125 Å². The maximum absolute atomic E-state index is 12.2. The third-order valence-electron chi connectivity index (χ3n) is 3.27. The Morgan fingerprint density at radius 3 is 2.71 bits per heavy atom. The van der Waals surface area contributed by atoms with E-state index in [-0.39, 0.29) is 4.90 Å². The second-order valence-electron chi connectivity index (χ2n) is 4.88. The Bertz CT molecular complexity index is 722. The lowest BCUT2D eigenvalue weighted by atomic mass is 10.1. The smallest absolute Gasteiger partial charge is 0.240 e. The van der Waals surface area contributed by atoms with Gasteiger partial charge in [-0.1, -0.05) is 13.0 Å². The first-order valence-electron chi connectivity index (χ1n) is 6.78. The van der Waals surface area contributed by atoms with Gasteiger partial charge in [0.25, 0.3) is 0 Å². The molecule has 0 radical (unpaired) electrons. The Hall–Kier alpha value is -1.86. The fourth-order valence-corrected chi connectivity index (χ4v) is 3.14. The van der Waals surface area contributed by atoms with Crippen molar-refractivity contribution in [3.05, 3.63) is 41.7 Å². The van der Waals surface area contributed by atoms with Crippen LogP contribution in [0.1, 0.15) is 18.1 Å². The van der Waals surface area contributed by atoms with Gasteiger partial charge in [-0.25, -0.2) is 13.1 Å². The number of benzene rings is 1. The fraction of sp³-hybridized carbons (Fsp3) is 0.357. The molecule has 0 unspecified atom stereocenters. The van der Waals surface area contributed by atoms with Crippen LogP contribution in [0.2, 0.25) is 0 Å². The average molecular weight is 308 g/mol. The zero-order valence-electron chi connectivity index (χ0n) is 12.2. The predicted octanol–water partition coefficient (Wildman–Crippen LogP) is 1.09. The van der Waals surface area contributed by atoms with E-state index in [1.165, 1.54) is 6.07 Å². The maximum Gasteiger partial charge on any atom is 0.240 e. The molecular weight excluding hydrogens is 288 g/mol. The van der Waals surface area contributed by atoms with Crippen LogP contribution in [0.3, 0.4) is 0 Å². The first-order valence-corrected chi connectivity index (χ1v) is 8.26. The Morgan fingerprint density at radius 2 is 2.14 bits per heavy atom. The van der Waals surface area contributed by atoms with Gasteiger partial charge in [0.05, 0.1) is 11.1 Å². The number of nitrogens with two attached hydrogens (primary N) is 1. The van der Waals surface area contributed by atoms with Gasteiger partial charge in [0.1, 0.15) is 0 Å². The predicted molar refractivity (Wildman–Crippen MR) is 82.3 cm³/mol. The van der Waals surface area contributed by atoms with E-state index in [9.17, 15) is 8.42 Å². The van der Waals surface area contributed by atoms with Gasteiger partial charge in [0.2, 0.25) is 10.0 Å². The van der Waals surface area contributed by atoms with Crippen molar-refractivity contribution in [2.75, 3.05) is 12.3 Å². The number of nitrogen functional groups attached to an aromatic ring is 1. The minimum Gasteiger partial charge on any atom is -0.398 e. The molecule has 114 valence electrons. The van der Waals surface area contributed by atoms with E-state index in [1.807, 2.05) is 20.2 Å². The SMILES string of the molecule is CCc1ccc(S(=O)(=O)NCCc2cnn(C)c2)cc1N. The van der Waals surface area contributed by atoms with Gasteiger partial charge in [-0.05, 0) is 36.1 Å². The van der Waals surface area contributed by atoms with Crippen LogP contribution in [0.25, 0.3) is 0 Å². The summed E-state index contributed by atoms with van der Waals surface area (Å²) in [6.45, 7) is 2.30. The second kappa shape index (κ2) is 6.28. The number of hydrogen-bond donors (Lipinski definition) is 2. The van der Waals surface area contributed by atoms with Crippen molar-refractivity contribution in [2.24, 2.45) is 7.05 Å². The number of aromatic nitrogens is 2. The molecule has 0 saturated carbocycles. The molecule has 2 aromatic rings. The van der Waals surface area contributed by atoms with Gasteiger partial charge >= 0.3 is 0 Å². The first-order chi connectivity index (χ1) is 9.92. The van der Waals surface area contributed by atoms with Gasteiger partial charge in [-0.15, -0.1) is 0 Å². The van der Waals surface area contributed by atoms with Crippen LogP contribution in [0.15, 0.2) is 35.5 Å². The lowest BCUT2D eigenvalue weighted by Gasteiger charge is -2.09. The highest BCUT2D eigenvalue weighted by Gasteiger charge is 2.14. The third-order valence-corrected chi connectivity index (χ3v) is 4.73. The molecule has 0 atom stereocenters. The summed E-state index contributed by atoms with van der Waals surface area (Å²) in [5.74, 6) is 0. The number of sulfonamides is 1. The topological polar surface area (TPSA) is 90.0 Å². The molecule has 1 aromatic heterocycles. The molecule has 0 saturated heterocycles. The number of anilines is 1. The highest BCUT2D eigenvalue weighted by Crippen LogP contribution is 2.18. The summed E-state index contributed by atoms with van der Waals surface area (Å²) < 4.78 is 28.6. The quantitative estimate of drug-likeness (QED) is 0.782. The van der Waals surface area contributed by atoms with Crippen LogP contribution in [-0.2, 0) is 29.9 Å². The Balaban J connectivity index is 2.02. The summed E-state index contributed by atoms with van der Waals surface area (Å²) in [7, 11) is -1.70. The summed E-state index contributed by atoms with van der Waals surface area (Å²) in [5.41, 5.74) is 8.29. The molecule has 6 nitrogen and oxygen atoms in total. The molecule has 1 heterocycles. The highest BCUT2D eigenvalue weighted by atomic mass is 32.2. The molecule has 0 aliphatic carbocycles. The number of nitrogens with one attached hydrogen (secondary N) is 1. The molecule has 0 fully saturated rings. The number of nitrogens with zero attached hydrogens (tertiary/aromatic N) is 2. The molecular formula is C14H20N4O2S. The normalized spacial score (nSPS) is 11.7. The zero-order chi connectivity index (χ0) is 15.5. The molecule has 1 aromatic carbocycles. The molecule has 7 heteroatoms. The van der Waals surface area contributed by atoms with E-state index < -0.39 is 10.0 Å². The van der Waals surface area contributed by atoms with Gasteiger partial charge < -0.3 is 5.73 Å². The molecule has 0 amide bonds. The Morgan fingerprint density at radius 1 is 1.38 bits per heavy atom. The summed E-state index contributed by atoms with van der Waals surface area (Å²) >= 11 is 0. The molecule has 0 aliphatic heterocycles. The highest BCUT2D eigenvalue weighted by molar-refractivity contribution is 7.89. The molecule has 0 aliphatic rings. The zero-order valence-corrected chi connectivity index (χ0v) is 13.0. The van der Waals surface area contributed by atoms with Crippen LogP contribution < -0.4 is 10.5 Å². The summed E-state index contributed by atoms with van der Waals surface area (Å²) in [5, 5.41) is 4.04. The van der Waals surface area contributed by atoms with Crippen molar-refractivity contribution in [3.8, 4) is 0 Å². The van der Waals surface area contributed by atoms with Crippen molar-refractivity contribution in [1.29, 1.82) is 0 Å². The van der Waals surface area contributed by atoms with Crippen molar-refractivity contribution in [2.45, 2.75) is 24.7 Å². The van der Waals surface area contributed by atoms with E-state index in [4.69, 9.17) is 5.73 Å². The van der Waals surface area contributed by atoms with Gasteiger partial charge in [-0.3, -0.25) is 4.68 Å². The minimum absolute atomic E-state index is 0.198. The van der Waals surface area contributed by atoms with Gasteiger partial charge in [-0.2, -0.15) is 5.10 Å². The summed E-state index contributed by atoms with van der Waals surface area (Å²) in [6.07, 6.45) is 4.96. The third kappa shape index (κ3) is 3.83. The fourth-order valence-electron chi connectivity index (χ4n) is 2.08. The van der Waals surface area contributed by atoms with Crippen LogP contribution in [0.5, 0.6) is 0 Å². The molecule has 21 heavy (non-hydrogen) atoms. The standard InChI is InChI=1S/C14H20N4O2S/c1-3-12-4-5-13(8-14(12)15)21(19,20)17-7-6-11-9-16-18(2)10-11/h4-5,8-10,17H,3,6-7,15H2,1-2H3. The molecule has 0 bridgehead atoms. The summed E-state index contributed by atoms with van der Waals surface area (Å²) in [6, 6.07) is 4.85.